The van der Waals surface area contributed by atoms with Gasteiger partial charge in [0.15, 0.2) is 5.13 Å². The number of fused-ring (bicyclic) bond motifs is 1. The Hall–Kier alpha value is -1.41. The summed E-state index contributed by atoms with van der Waals surface area (Å²) >= 11 is 20.1. The first kappa shape index (κ1) is 21.8. The third-order valence-electron chi connectivity index (χ3n) is 5.02. The number of hydrogen-bond acceptors (Lipinski definition) is 5. The molecule has 1 aromatic heterocycles. The first-order valence-electron chi connectivity index (χ1n) is 9.56. The van der Waals surface area contributed by atoms with Crippen LogP contribution < -0.4 is 4.90 Å². The van der Waals surface area contributed by atoms with Crippen molar-refractivity contribution in [1.82, 2.24) is 9.88 Å². The average molecular weight is 485 g/mol. The maximum absolute atomic E-state index is 13.5. The van der Waals surface area contributed by atoms with Gasteiger partial charge < -0.3 is 4.74 Å². The number of benzene rings is 2. The lowest BCUT2D eigenvalue weighted by Crippen LogP contribution is -2.43. The van der Waals surface area contributed by atoms with Crippen molar-refractivity contribution < 1.29 is 9.53 Å². The van der Waals surface area contributed by atoms with E-state index >= 15 is 0 Å². The molecular weight excluding hydrogens is 465 g/mol. The van der Waals surface area contributed by atoms with Crippen LogP contribution in [0.4, 0.5) is 5.13 Å². The smallest absolute Gasteiger partial charge is 0.261 e. The molecule has 3 aromatic rings. The van der Waals surface area contributed by atoms with Gasteiger partial charge in [-0.2, -0.15) is 0 Å². The van der Waals surface area contributed by atoms with Gasteiger partial charge in [0, 0.05) is 36.2 Å². The molecular formula is C21H20Cl3N3O2S. The van der Waals surface area contributed by atoms with Crippen molar-refractivity contribution in [3.05, 3.63) is 56.5 Å². The summed E-state index contributed by atoms with van der Waals surface area (Å²) < 4.78 is 6.37. The van der Waals surface area contributed by atoms with Crippen LogP contribution in [0.2, 0.25) is 15.1 Å². The van der Waals surface area contributed by atoms with Gasteiger partial charge in [0.05, 0.1) is 34.0 Å². The van der Waals surface area contributed by atoms with Crippen LogP contribution in [0.1, 0.15) is 15.9 Å². The highest BCUT2D eigenvalue weighted by Crippen LogP contribution is 2.34. The lowest BCUT2D eigenvalue weighted by molar-refractivity contribution is 0.0391. The second kappa shape index (κ2) is 9.39. The Morgan fingerprint density at radius 3 is 2.70 bits per heavy atom. The van der Waals surface area contributed by atoms with Gasteiger partial charge in [-0.15, -0.1) is 0 Å². The average Bonchev–Trinajstić information content (AvgIpc) is 3.14. The van der Waals surface area contributed by atoms with Crippen LogP contribution in [0, 0.1) is 6.92 Å². The van der Waals surface area contributed by atoms with Gasteiger partial charge >= 0.3 is 0 Å². The van der Waals surface area contributed by atoms with Gasteiger partial charge in [-0.25, -0.2) is 4.98 Å². The minimum Gasteiger partial charge on any atom is -0.379 e. The summed E-state index contributed by atoms with van der Waals surface area (Å²) in [4.78, 5) is 22.2. The molecule has 0 aliphatic carbocycles. The summed E-state index contributed by atoms with van der Waals surface area (Å²) in [6, 6.07) is 8.66. The van der Waals surface area contributed by atoms with Gasteiger partial charge in [0.2, 0.25) is 0 Å². The zero-order valence-electron chi connectivity index (χ0n) is 16.3. The molecule has 0 bridgehead atoms. The zero-order valence-corrected chi connectivity index (χ0v) is 19.4. The number of carbonyl (C=O) groups is 1. The first-order valence-corrected chi connectivity index (χ1v) is 11.5. The summed E-state index contributed by atoms with van der Waals surface area (Å²) in [7, 11) is 0. The van der Waals surface area contributed by atoms with E-state index in [-0.39, 0.29) is 5.91 Å². The molecule has 0 unspecified atom stereocenters. The number of thiazole rings is 1. The van der Waals surface area contributed by atoms with Gasteiger partial charge in [0.25, 0.3) is 5.91 Å². The van der Waals surface area contributed by atoms with Gasteiger partial charge in [-0.1, -0.05) is 46.1 Å². The molecule has 0 N–H and O–H groups in total. The van der Waals surface area contributed by atoms with Gasteiger partial charge in [-0.3, -0.25) is 14.6 Å². The Kier molecular flexibility index (Phi) is 6.82. The largest absolute Gasteiger partial charge is 0.379 e. The van der Waals surface area contributed by atoms with E-state index in [0.717, 1.165) is 28.9 Å². The van der Waals surface area contributed by atoms with Crippen LogP contribution in [0.3, 0.4) is 0 Å². The van der Waals surface area contributed by atoms with Crippen molar-refractivity contribution in [2.24, 2.45) is 0 Å². The topological polar surface area (TPSA) is 45.7 Å². The number of nitrogens with zero attached hydrogens (tertiary/aromatic N) is 3. The predicted octanol–water partition coefficient (Wildman–Crippen LogP) is 5.54. The lowest BCUT2D eigenvalue weighted by atomic mass is 10.2. The van der Waals surface area contributed by atoms with Crippen molar-refractivity contribution in [3.63, 3.8) is 0 Å². The number of halogens is 3. The Morgan fingerprint density at radius 1 is 1.17 bits per heavy atom. The molecule has 1 fully saturated rings. The number of morpholine rings is 1. The highest BCUT2D eigenvalue weighted by atomic mass is 35.5. The molecule has 5 nitrogen and oxygen atoms in total. The summed E-state index contributed by atoms with van der Waals surface area (Å²) in [6.45, 7) is 6.24. The fourth-order valence-corrected chi connectivity index (χ4v) is 5.23. The van der Waals surface area contributed by atoms with Crippen LogP contribution in [-0.4, -0.2) is 55.2 Å². The molecule has 0 radical (unpaired) electrons. The number of hydrogen-bond donors (Lipinski definition) is 0. The Labute approximate surface area is 194 Å². The molecule has 0 atom stereocenters. The second-order valence-corrected chi connectivity index (χ2v) is 9.39. The summed E-state index contributed by atoms with van der Waals surface area (Å²) in [5.41, 5.74) is 2.18. The minimum absolute atomic E-state index is 0.224. The Morgan fingerprint density at radius 2 is 1.93 bits per heavy atom. The Bertz CT molecular complexity index is 1080. The van der Waals surface area contributed by atoms with Crippen molar-refractivity contribution in [1.29, 1.82) is 0 Å². The number of aryl methyl sites for hydroxylation is 1. The third kappa shape index (κ3) is 4.74. The maximum atomic E-state index is 13.5. The van der Waals surface area contributed by atoms with Crippen LogP contribution in [0.5, 0.6) is 0 Å². The van der Waals surface area contributed by atoms with Crippen LogP contribution in [-0.2, 0) is 4.74 Å². The van der Waals surface area contributed by atoms with Crippen molar-refractivity contribution in [2.75, 3.05) is 44.3 Å². The van der Waals surface area contributed by atoms with E-state index in [9.17, 15) is 4.79 Å². The molecule has 2 aromatic carbocycles. The van der Waals surface area contributed by atoms with Gasteiger partial charge in [-0.05, 0) is 42.8 Å². The molecule has 158 valence electrons. The highest BCUT2D eigenvalue weighted by Gasteiger charge is 2.25. The van der Waals surface area contributed by atoms with Crippen molar-refractivity contribution in [3.8, 4) is 0 Å². The van der Waals surface area contributed by atoms with Crippen LogP contribution in [0.15, 0.2) is 30.3 Å². The molecule has 1 amide bonds. The Balaban J connectivity index is 1.70. The fourth-order valence-electron chi connectivity index (χ4n) is 3.42. The number of carbonyl (C=O) groups excluding carboxylic acids is 1. The third-order valence-corrected chi connectivity index (χ3v) is 6.83. The van der Waals surface area contributed by atoms with Crippen molar-refractivity contribution in [2.45, 2.75) is 6.92 Å². The maximum Gasteiger partial charge on any atom is 0.261 e. The molecule has 1 aliphatic heterocycles. The predicted molar refractivity (Wildman–Crippen MR) is 125 cm³/mol. The standard InChI is InChI=1S/C21H20Cl3N3O2S/c1-13-10-15(23)12-18-19(13)25-21(30-18)27(5-4-26-6-8-29-9-7-26)20(28)16-11-14(22)2-3-17(16)24/h2-3,10-12H,4-9H2,1H3. The van der Waals surface area contributed by atoms with E-state index in [1.165, 1.54) is 11.3 Å². The highest BCUT2D eigenvalue weighted by molar-refractivity contribution is 7.22. The SMILES string of the molecule is Cc1cc(Cl)cc2sc(N(CCN3CCOCC3)C(=O)c3cc(Cl)ccc3Cl)nc12. The monoisotopic (exact) mass is 483 g/mol. The molecule has 1 aliphatic rings. The molecule has 1 saturated heterocycles. The summed E-state index contributed by atoms with van der Waals surface area (Å²) in [6.07, 6.45) is 0. The summed E-state index contributed by atoms with van der Waals surface area (Å²) in [5.74, 6) is -0.224. The fraction of sp³-hybridized carbons (Fsp3) is 0.333. The lowest BCUT2D eigenvalue weighted by Gasteiger charge is -2.29. The van der Waals surface area contributed by atoms with E-state index in [1.807, 2.05) is 19.1 Å². The minimum atomic E-state index is -0.224. The van der Waals surface area contributed by atoms with E-state index in [1.54, 1.807) is 23.1 Å². The second-order valence-electron chi connectivity index (χ2n) is 7.10. The molecule has 9 heteroatoms. The van der Waals surface area contributed by atoms with Crippen LogP contribution in [0.25, 0.3) is 10.2 Å². The molecule has 30 heavy (non-hydrogen) atoms. The van der Waals surface area contributed by atoms with E-state index < -0.39 is 0 Å². The molecule has 0 spiro atoms. The molecule has 4 rings (SSSR count). The summed E-state index contributed by atoms with van der Waals surface area (Å²) in [5, 5.41) is 2.09. The van der Waals surface area contributed by atoms with E-state index in [2.05, 4.69) is 4.90 Å². The van der Waals surface area contributed by atoms with Gasteiger partial charge in [0.1, 0.15) is 0 Å². The number of anilines is 1. The molecule has 0 saturated carbocycles. The van der Waals surface area contributed by atoms with E-state index in [4.69, 9.17) is 44.5 Å². The quantitative estimate of drug-likeness (QED) is 0.477. The number of ether oxygens (including phenoxy) is 1. The molecule has 2 heterocycles. The van der Waals surface area contributed by atoms with Crippen molar-refractivity contribution >= 4 is 67.4 Å². The zero-order chi connectivity index (χ0) is 21.3. The first-order chi connectivity index (χ1) is 14.4. The number of amides is 1. The number of rotatable bonds is 5. The number of aromatic nitrogens is 1. The normalized spacial score (nSPS) is 14.9. The van der Waals surface area contributed by atoms with E-state index in [0.29, 0.717) is 52.1 Å². The van der Waals surface area contributed by atoms with Crippen LogP contribution >= 0.6 is 46.1 Å².